The number of hydrogen-bond donors (Lipinski definition) is 1. The summed E-state index contributed by atoms with van der Waals surface area (Å²) in [4.78, 5) is 8.93. The monoisotopic (exact) mass is 287 g/mol. The average Bonchev–Trinajstić information content (AvgIpc) is 2.99. The summed E-state index contributed by atoms with van der Waals surface area (Å²) in [5, 5.41) is 4.10. The highest BCUT2D eigenvalue weighted by molar-refractivity contribution is 5.34. The molecule has 1 aliphatic rings. The minimum absolute atomic E-state index is 0.447. The zero-order chi connectivity index (χ0) is 14.9. The van der Waals surface area contributed by atoms with Crippen LogP contribution in [0.2, 0.25) is 0 Å². The number of rotatable bonds is 3. The van der Waals surface area contributed by atoms with E-state index in [1.165, 1.54) is 0 Å². The van der Waals surface area contributed by atoms with Gasteiger partial charge < -0.3 is 20.1 Å². The van der Waals surface area contributed by atoms with E-state index in [1.807, 2.05) is 37.3 Å². The molecule has 1 saturated heterocycles. The van der Waals surface area contributed by atoms with Crippen molar-refractivity contribution in [3.63, 3.8) is 0 Å². The molecule has 0 aliphatic carbocycles. The average molecular weight is 287 g/mol. The van der Waals surface area contributed by atoms with Gasteiger partial charge in [0.15, 0.2) is 0 Å². The Morgan fingerprint density at radius 1 is 1.14 bits per heavy atom. The van der Waals surface area contributed by atoms with Crippen molar-refractivity contribution in [1.29, 1.82) is 0 Å². The Hall–Kier alpha value is -1.92. The third-order valence-electron chi connectivity index (χ3n) is 4.02. The first-order chi connectivity index (χ1) is 10.1. The lowest BCUT2D eigenvalue weighted by Crippen LogP contribution is -2.45. The van der Waals surface area contributed by atoms with Gasteiger partial charge in [-0.2, -0.15) is 4.98 Å². The smallest absolute Gasteiger partial charge is 0.266 e. The topological polar surface area (TPSA) is 71.4 Å². The summed E-state index contributed by atoms with van der Waals surface area (Å²) < 4.78 is 5.42. The van der Waals surface area contributed by atoms with E-state index in [-0.39, 0.29) is 0 Å². The fraction of sp³-hybridized carbons (Fsp3) is 0.467. The molecule has 0 bridgehead atoms. The van der Waals surface area contributed by atoms with Gasteiger partial charge in [-0.25, -0.2) is 0 Å². The molecule has 0 spiro atoms. The number of aromatic nitrogens is 2. The van der Waals surface area contributed by atoms with Gasteiger partial charge in [0.2, 0.25) is 0 Å². The first-order valence-corrected chi connectivity index (χ1v) is 7.19. The van der Waals surface area contributed by atoms with Crippen molar-refractivity contribution in [3.8, 4) is 0 Å². The molecular formula is C15H21N5O. The minimum Gasteiger partial charge on any atom is -0.336 e. The third kappa shape index (κ3) is 2.77. The maximum atomic E-state index is 6.40. The van der Waals surface area contributed by atoms with Crippen LogP contribution in [0.4, 0.5) is 5.95 Å². The zero-order valence-corrected chi connectivity index (χ0v) is 12.5. The summed E-state index contributed by atoms with van der Waals surface area (Å²) in [6.07, 6.45) is 0. The van der Waals surface area contributed by atoms with E-state index < -0.39 is 5.54 Å². The number of nitrogens with two attached hydrogens (primary N) is 1. The number of nitrogens with zero attached hydrogens (tertiary/aromatic N) is 4. The number of hydrogen-bond acceptors (Lipinski definition) is 6. The minimum atomic E-state index is -0.779. The molecule has 0 amide bonds. The van der Waals surface area contributed by atoms with Crippen molar-refractivity contribution in [2.45, 2.75) is 12.5 Å². The number of likely N-dealkylation sites (N-methyl/N-ethyl adjacent to an activating group) is 1. The van der Waals surface area contributed by atoms with Gasteiger partial charge in [-0.15, -0.1) is 0 Å². The molecule has 2 aromatic rings. The van der Waals surface area contributed by atoms with Crippen molar-refractivity contribution < 1.29 is 4.52 Å². The van der Waals surface area contributed by atoms with E-state index >= 15 is 0 Å². The molecule has 1 aliphatic heterocycles. The van der Waals surface area contributed by atoms with E-state index in [0.29, 0.717) is 11.8 Å². The molecular weight excluding hydrogens is 266 g/mol. The Morgan fingerprint density at radius 2 is 1.81 bits per heavy atom. The van der Waals surface area contributed by atoms with Crippen LogP contribution in [0.1, 0.15) is 18.4 Å². The molecule has 21 heavy (non-hydrogen) atoms. The van der Waals surface area contributed by atoms with Crippen LogP contribution in [0.15, 0.2) is 34.9 Å². The normalized spacial score (nSPS) is 19.5. The van der Waals surface area contributed by atoms with Crippen LogP contribution >= 0.6 is 0 Å². The SMILES string of the molecule is CN1CCN(c2noc(C(C)(N)c3ccccc3)n2)CC1. The van der Waals surface area contributed by atoms with Crippen molar-refractivity contribution in [1.82, 2.24) is 15.0 Å². The van der Waals surface area contributed by atoms with Crippen LogP contribution in [-0.2, 0) is 5.54 Å². The third-order valence-corrected chi connectivity index (χ3v) is 4.02. The summed E-state index contributed by atoms with van der Waals surface area (Å²) in [5.74, 6) is 1.08. The molecule has 1 atom stereocenters. The lowest BCUT2D eigenvalue weighted by atomic mass is 9.93. The van der Waals surface area contributed by atoms with Gasteiger partial charge in [-0.3, -0.25) is 0 Å². The zero-order valence-electron chi connectivity index (χ0n) is 12.5. The van der Waals surface area contributed by atoms with Crippen LogP contribution in [0.5, 0.6) is 0 Å². The number of benzene rings is 1. The first-order valence-electron chi connectivity index (χ1n) is 7.19. The molecule has 1 fully saturated rings. The second kappa shape index (κ2) is 5.46. The largest absolute Gasteiger partial charge is 0.336 e. The predicted octanol–water partition coefficient (Wildman–Crippen LogP) is 1.04. The fourth-order valence-electron chi connectivity index (χ4n) is 2.47. The number of piperazine rings is 1. The molecule has 6 nitrogen and oxygen atoms in total. The lowest BCUT2D eigenvalue weighted by Gasteiger charge is -2.31. The van der Waals surface area contributed by atoms with Gasteiger partial charge in [0.25, 0.3) is 11.8 Å². The molecule has 1 aromatic carbocycles. The van der Waals surface area contributed by atoms with E-state index in [4.69, 9.17) is 10.3 Å². The van der Waals surface area contributed by atoms with Crippen LogP contribution in [0.25, 0.3) is 0 Å². The Morgan fingerprint density at radius 3 is 2.48 bits per heavy atom. The first kappa shape index (κ1) is 14.0. The van der Waals surface area contributed by atoms with E-state index in [2.05, 4.69) is 27.0 Å². The van der Waals surface area contributed by atoms with E-state index in [0.717, 1.165) is 31.7 Å². The second-order valence-corrected chi connectivity index (χ2v) is 5.76. The molecule has 0 saturated carbocycles. The highest BCUT2D eigenvalue weighted by Gasteiger charge is 2.31. The van der Waals surface area contributed by atoms with Gasteiger partial charge >= 0.3 is 0 Å². The van der Waals surface area contributed by atoms with Gasteiger partial charge in [0.1, 0.15) is 5.54 Å². The summed E-state index contributed by atoms with van der Waals surface area (Å²) >= 11 is 0. The molecule has 2 heterocycles. The Bertz CT molecular complexity index is 587. The van der Waals surface area contributed by atoms with Gasteiger partial charge in [0, 0.05) is 26.2 Å². The number of anilines is 1. The predicted molar refractivity (Wildman–Crippen MR) is 81.1 cm³/mol. The highest BCUT2D eigenvalue weighted by atomic mass is 16.5. The second-order valence-electron chi connectivity index (χ2n) is 5.76. The molecule has 1 aromatic heterocycles. The van der Waals surface area contributed by atoms with Crippen molar-refractivity contribution in [2.24, 2.45) is 5.73 Å². The molecule has 3 rings (SSSR count). The molecule has 0 radical (unpaired) electrons. The standard InChI is InChI=1S/C15H21N5O/c1-15(16,12-6-4-3-5-7-12)13-17-14(18-21-13)20-10-8-19(2)9-11-20/h3-7H,8-11,16H2,1-2H3. The Labute approximate surface area is 124 Å². The Kier molecular flexibility index (Phi) is 3.65. The summed E-state index contributed by atoms with van der Waals surface area (Å²) in [6, 6.07) is 9.82. The van der Waals surface area contributed by atoms with Crippen molar-refractivity contribution in [2.75, 3.05) is 38.1 Å². The summed E-state index contributed by atoms with van der Waals surface area (Å²) in [5.41, 5.74) is 6.58. The molecule has 6 heteroatoms. The maximum Gasteiger partial charge on any atom is 0.266 e. The van der Waals surface area contributed by atoms with Crippen molar-refractivity contribution >= 4 is 5.95 Å². The molecule has 1 unspecified atom stereocenters. The quantitative estimate of drug-likeness (QED) is 0.909. The molecule has 2 N–H and O–H groups in total. The van der Waals surface area contributed by atoms with Crippen LogP contribution in [0, 0.1) is 0 Å². The summed E-state index contributed by atoms with van der Waals surface area (Å²) in [6.45, 7) is 5.71. The van der Waals surface area contributed by atoms with Crippen LogP contribution < -0.4 is 10.6 Å². The lowest BCUT2D eigenvalue weighted by molar-refractivity contribution is 0.305. The van der Waals surface area contributed by atoms with Crippen molar-refractivity contribution in [3.05, 3.63) is 41.8 Å². The van der Waals surface area contributed by atoms with Gasteiger partial charge in [-0.1, -0.05) is 30.3 Å². The maximum absolute atomic E-state index is 6.40. The highest BCUT2D eigenvalue weighted by Crippen LogP contribution is 2.26. The fourth-order valence-corrected chi connectivity index (χ4v) is 2.47. The van der Waals surface area contributed by atoms with Gasteiger partial charge in [-0.05, 0) is 24.7 Å². The Balaban J connectivity index is 1.81. The van der Waals surface area contributed by atoms with Gasteiger partial charge in [0.05, 0.1) is 0 Å². The summed E-state index contributed by atoms with van der Waals surface area (Å²) in [7, 11) is 2.12. The van der Waals surface area contributed by atoms with E-state index in [9.17, 15) is 0 Å². The van der Waals surface area contributed by atoms with Crippen LogP contribution in [-0.4, -0.2) is 48.3 Å². The molecule has 112 valence electrons. The van der Waals surface area contributed by atoms with Crippen LogP contribution in [0.3, 0.4) is 0 Å². The van der Waals surface area contributed by atoms with E-state index in [1.54, 1.807) is 0 Å².